The van der Waals surface area contributed by atoms with E-state index < -0.39 is 0 Å². The van der Waals surface area contributed by atoms with Crippen molar-refractivity contribution < 1.29 is 0 Å². The van der Waals surface area contributed by atoms with Crippen molar-refractivity contribution in [1.29, 1.82) is 5.26 Å². The van der Waals surface area contributed by atoms with Gasteiger partial charge in [-0.05, 0) is 30.4 Å². The molecule has 0 fully saturated rings. The smallest absolute Gasteiger partial charge is 0.0998 e. The predicted octanol–water partition coefficient (Wildman–Crippen LogP) is 1.24. The number of fused-ring (bicyclic) bond motifs is 1. The van der Waals surface area contributed by atoms with Crippen LogP contribution in [0.15, 0.2) is 42.7 Å². The average Bonchev–Trinajstić information content (AvgIpc) is 2.78. The molecule has 1 aliphatic rings. The molecule has 3 nitrogen and oxygen atoms in total. The highest BCUT2D eigenvalue weighted by atomic mass is 14.8. The van der Waals surface area contributed by atoms with Crippen LogP contribution in [0.2, 0.25) is 0 Å². The van der Waals surface area contributed by atoms with Gasteiger partial charge in [0, 0.05) is 40.5 Å². The van der Waals surface area contributed by atoms with Crippen LogP contribution in [0.1, 0.15) is 11.1 Å². The number of allylic oxidation sites excluding steroid dienone is 1. The lowest BCUT2D eigenvalue weighted by molar-refractivity contribution is 1.20. The van der Waals surface area contributed by atoms with Crippen LogP contribution in [0, 0.1) is 23.7 Å². The highest BCUT2D eigenvalue weighted by Gasteiger charge is 2.10. The summed E-state index contributed by atoms with van der Waals surface area (Å²) in [6, 6.07) is 9.56. The number of hydrogen-bond acceptors (Lipinski definition) is 3. The van der Waals surface area contributed by atoms with Crippen LogP contribution in [-0.4, -0.2) is 4.98 Å². The van der Waals surface area contributed by atoms with E-state index in [1.165, 1.54) is 0 Å². The fourth-order valence-corrected chi connectivity index (χ4v) is 2.29. The van der Waals surface area contributed by atoms with E-state index in [1.54, 1.807) is 18.3 Å². The minimum absolute atomic E-state index is 0.552. The minimum atomic E-state index is 0.552. The van der Waals surface area contributed by atoms with E-state index in [4.69, 9.17) is 6.42 Å². The first-order valence-electron chi connectivity index (χ1n) is 6.43. The van der Waals surface area contributed by atoms with E-state index >= 15 is 0 Å². The monoisotopic (exact) mass is 269 g/mol. The van der Waals surface area contributed by atoms with Gasteiger partial charge in [-0.25, -0.2) is 0 Å². The summed E-state index contributed by atoms with van der Waals surface area (Å²) in [5.74, 6) is 2.64. The van der Waals surface area contributed by atoms with Crippen molar-refractivity contribution >= 4 is 12.3 Å². The first-order chi connectivity index (χ1) is 10.3. The zero-order valence-electron chi connectivity index (χ0n) is 11.2. The molecule has 1 N–H and O–H groups in total. The van der Waals surface area contributed by atoms with Crippen molar-refractivity contribution in [2.75, 3.05) is 0 Å². The molecule has 3 heteroatoms. The van der Waals surface area contributed by atoms with Crippen molar-refractivity contribution in [2.45, 2.75) is 0 Å². The molecule has 21 heavy (non-hydrogen) atoms. The molecule has 0 saturated carbocycles. The minimum Gasteiger partial charge on any atom is -0.367 e. The molecule has 1 aliphatic heterocycles. The fourth-order valence-electron chi connectivity index (χ4n) is 2.29. The molecule has 2 aromatic rings. The second-order valence-corrected chi connectivity index (χ2v) is 4.52. The quantitative estimate of drug-likeness (QED) is 0.792. The third-order valence-corrected chi connectivity index (χ3v) is 3.26. The van der Waals surface area contributed by atoms with Gasteiger partial charge < -0.3 is 5.32 Å². The number of hydrogen-bond donors (Lipinski definition) is 1. The van der Waals surface area contributed by atoms with Gasteiger partial charge in [-0.15, -0.1) is 6.42 Å². The van der Waals surface area contributed by atoms with Crippen LogP contribution in [-0.2, 0) is 0 Å². The van der Waals surface area contributed by atoms with E-state index in [0.29, 0.717) is 11.1 Å². The van der Waals surface area contributed by atoms with Gasteiger partial charge in [0.2, 0.25) is 0 Å². The Morgan fingerprint density at radius 1 is 1.24 bits per heavy atom. The lowest BCUT2D eigenvalue weighted by Crippen LogP contribution is -2.28. The summed E-state index contributed by atoms with van der Waals surface area (Å²) in [6.07, 6.45) is 14.8. The Bertz CT molecular complexity index is 906. The highest BCUT2D eigenvalue weighted by Crippen LogP contribution is 2.25. The summed E-state index contributed by atoms with van der Waals surface area (Å²) in [7, 11) is 0. The maximum Gasteiger partial charge on any atom is 0.0998 e. The lowest BCUT2D eigenvalue weighted by Gasteiger charge is -2.07. The number of benzene rings is 1. The van der Waals surface area contributed by atoms with Crippen LogP contribution in [0.25, 0.3) is 23.4 Å². The molecular formula is C18H11N3. The van der Waals surface area contributed by atoms with E-state index in [9.17, 15) is 5.26 Å². The van der Waals surface area contributed by atoms with Crippen molar-refractivity contribution in [2.24, 2.45) is 0 Å². The summed E-state index contributed by atoms with van der Waals surface area (Å²) in [4.78, 5) is 4.45. The molecule has 0 spiro atoms. The number of nitrogens with one attached hydrogen (secondary N) is 1. The Hall–Kier alpha value is -3.30. The van der Waals surface area contributed by atoms with Gasteiger partial charge in [-0.2, -0.15) is 5.26 Å². The van der Waals surface area contributed by atoms with Gasteiger partial charge in [0.25, 0.3) is 0 Å². The Morgan fingerprint density at radius 2 is 2.10 bits per heavy atom. The molecule has 2 heterocycles. The zero-order valence-corrected chi connectivity index (χ0v) is 11.2. The second-order valence-electron chi connectivity index (χ2n) is 4.52. The predicted molar refractivity (Wildman–Crippen MR) is 82.8 cm³/mol. The van der Waals surface area contributed by atoms with Crippen LogP contribution >= 0.6 is 0 Å². The van der Waals surface area contributed by atoms with E-state index in [2.05, 4.69) is 22.3 Å². The van der Waals surface area contributed by atoms with Crippen LogP contribution in [0.3, 0.4) is 0 Å². The number of pyridine rings is 1. The molecule has 0 bridgehead atoms. The number of terminal acetylenes is 1. The van der Waals surface area contributed by atoms with Crippen LogP contribution < -0.4 is 15.9 Å². The summed E-state index contributed by atoms with van der Waals surface area (Å²) in [6.45, 7) is 0. The number of aromatic nitrogens is 1. The molecule has 0 unspecified atom stereocenters. The first-order valence-corrected chi connectivity index (χ1v) is 6.43. The van der Waals surface area contributed by atoms with Crippen LogP contribution in [0.5, 0.6) is 0 Å². The van der Waals surface area contributed by atoms with Gasteiger partial charge in [-0.1, -0.05) is 12.0 Å². The summed E-state index contributed by atoms with van der Waals surface area (Å²) < 4.78 is 0. The van der Waals surface area contributed by atoms with Gasteiger partial charge in [0.05, 0.1) is 17.0 Å². The van der Waals surface area contributed by atoms with E-state index in [1.807, 2.05) is 36.7 Å². The summed E-state index contributed by atoms with van der Waals surface area (Å²) in [5, 5.41) is 14.2. The molecule has 0 amide bonds. The third kappa shape index (κ3) is 2.29. The van der Waals surface area contributed by atoms with Crippen molar-refractivity contribution in [3.63, 3.8) is 0 Å². The highest BCUT2D eigenvalue weighted by molar-refractivity contribution is 5.76. The number of rotatable bonds is 1. The fraction of sp³-hybridized carbons (Fsp3) is 0. The van der Waals surface area contributed by atoms with Crippen molar-refractivity contribution in [1.82, 2.24) is 10.3 Å². The molecular weight excluding hydrogens is 258 g/mol. The lowest BCUT2D eigenvalue weighted by atomic mass is 9.96. The maximum absolute atomic E-state index is 9.31. The molecule has 3 rings (SSSR count). The maximum atomic E-state index is 9.31. The van der Waals surface area contributed by atoms with Gasteiger partial charge in [-0.3, -0.25) is 4.98 Å². The SMILES string of the molecule is C#Cc1cccc(C#N)c1-c1cnc2c(c1)=CNC=CC=2. The Labute approximate surface area is 122 Å². The topological polar surface area (TPSA) is 48.7 Å². The molecule has 1 aromatic heterocycles. The third-order valence-electron chi connectivity index (χ3n) is 3.26. The van der Waals surface area contributed by atoms with E-state index in [-0.39, 0.29) is 0 Å². The Kier molecular flexibility index (Phi) is 3.25. The average molecular weight is 269 g/mol. The summed E-state index contributed by atoms with van der Waals surface area (Å²) in [5.41, 5.74) is 2.84. The number of nitrogens with zero attached hydrogens (tertiary/aromatic N) is 2. The Balaban J connectivity index is 2.30. The molecule has 0 aliphatic carbocycles. The zero-order chi connectivity index (χ0) is 14.7. The number of nitriles is 1. The second kappa shape index (κ2) is 5.36. The van der Waals surface area contributed by atoms with Gasteiger partial charge in [0.15, 0.2) is 0 Å². The van der Waals surface area contributed by atoms with Gasteiger partial charge in [0.1, 0.15) is 0 Å². The van der Waals surface area contributed by atoms with E-state index in [0.717, 1.165) is 21.7 Å². The largest absolute Gasteiger partial charge is 0.367 e. The first kappa shape index (κ1) is 12.7. The molecule has 98 valence electrons. The normalized spacial score (nSPS) is 11.7. The van der Waals surface area contributed by atoms with Crippen molar-refractivity contribution in [3.8, 4) is 29.5 Å². The molecule has 0 saturated heterocycles. The summed E-state index contributed by atoms with van der Waals surface area (Å²) >= 11 is 0. The van der Waals surface area contributed by atoms with Gasteiger partial charge >= 0.3 is 0 Å². The van der Waals surface area contributed by atoms with Crippen molar-refractivity contribution in [3.05, 3.63) is 64.4 Å². The Morgan fingerprint density at radius 3 is 2.90 bits per heavy atom. The molecule has 1 aromatic carbocycles. The molecule has 0 radical (unpaired) electrons. The standard InChI is InChI=1S/C18H11N3/c1-2-13-5-3-6-14(10-19)18(13)16-9-15-11-20-8-4-7-17(15)21-12-16/h1,3-9,11-12,20H. The molecule has 0 atom stereocenters. The van der Waals surface area contributed by atoms with Crippen LogP contribution in [0.4, 0.5) is 0 Å².